The third kappa shape index (κ3) is 2.58. The Balaban J connectivity index is 2.01. The Morgan fingerprint density at radius 2 is 1.86 bits per heavy atom. The highest BCUT2D eigenvalue weighted by molar-refractivity contribution is 5.64. The number of aliphatic hydroxyl groups excluding tert-OH is 1. The van der Waals surface area contributed by atoms with Crippen molar-refractivity contribution >= 4 is 0 Å². The van der Waals surface area contributed by atoms with Crippen LogP contribution in [0.3, 0.4) is 0 Å². The third-order valence-electron chi connectivity index (χ3n) is 3.69. The first kappa shape index (κ1) is 13.5. The molecule has 0 saturated carbocycles. The molecule has 3 aromatic rings. The third-order valence-corrected chi connectivity index (χ3v) is 3.69. The van der Waals surface area contributed by atoms with Gasteiger partial charge in [0.25, 0.3) is 0 Å². The SMILES string of the molecule is Cc1ccc(-c2n[nH]c(-c3ccccc3CO)n2)cc1C. The fraction of sp³-hybridized carbons (Fsp3) is 0.176. The second-order valence-electron chi connectivity index (χ2n) is 5.12. The largest absolute Gasteiger partial charge is 0.392 e. The van der Waals surface area contributed by atoms with Crippen LogP contribution in [0.15, 0.2) is 42.5 Å². The summed E-state index contributed by atoms with van der Waals surface area (Å²) in [6, 6.07) is 13.8. The Morgan fingerprint density at radius 3 is 2.62 bits per heavy atom. The van der Waals surface area contributed by atoms with E-state index in [1.165, 1.54) is 11.1 Å². The lowest BCUT2D eigenvalue weighted by molar-refractivity contribution is 0.282. The van der Waals surface area contributed by atoms with Gasteiger partial charge in [0.05, 0.1) is 6.61 Å². The Labute approximate surface area is 123 Å². The molecule has 0 aliphatic heterocycles. The molecule has 0 fully saturated rings. The van der Waals surface area contributed by atoms with Gasteiger partial charge in [0, 0.05) is 11.1 Å². The average Bonchev–Trinajstić information content (AvgIpc) is 2.99. The van der Waals surface area contributed by atoms with Crippen molar-refractivity contribution in [1.82, 2.24) is 15.2 Å². The molecule has 0 radical (unpaired) electrons. The first-order valence-electron chi connectivity index (χ1n) is 6.88. The van der Waals surface area contributed by atoms with Gasteiger partial charge in [-0.3, -0.25) is 5.10 Å². The van der Waals surface area contributed by atoms with E-state index >= 15 is 0 Å². The van der Waals surface area contributed by atoms with Crippen LogP contribution in [0.4, 0.5) is 0 Å². The quantitative estimate of drug-likeness (QED) is 0.773. The van der Waals surface area contributed by atoms with Gasteiger partial charge in [-0.05, 0) is 36.6 Å². The summed E-state index contributed by atoms with van der Waals surface area (Å²) in [4.78, 5) is 4.55. The van der Waals surface area contributed by atoms with E-state index in [1.807, 2.05) is 30.3 Å². The van der Waals surface area contributed by atoms with Crippen LogP contribution in [0.25, 0.3) is 22.8 Å². The Hall–Kier alpha value is -2.46. The van der Waals surface area contributed by atoms with Crippen molar-refractivity contribution in [3.05, 3.63) is 59.2 Å². The summed E-state index contributed by atoms with van der Waals surface area (Å²) in [6.45, 7) is 4.14. The van der Waals surface area contributed by atoms with Gasteiger partial charge in [-0.2, -0.15) is 5.10 Å². The van der Waals surface area contributed by atoms with E-state index in [0.29, 0.717) is 11.6 Å². The van der Waals surface area contributed by atoms with Gasteiger partial charge in [0.2, 0.25) is 0 Å². The summed E-state index contributed by atoms with van der Waals surface area (Å²) < 4.78 is 0. The molecule has 2 aromatic carbocycles. The molecule has 21 heavy (non-hydrogen) atoms. The zero-order chi connectivity index (χ0) is 14.8. The lowest BCUT2D eigenvalue weighted by atomic mass is 10.1. The number of aromatic amines is 1. The number of aromatic nitrogens is 3. The maximum atomic E-state index is 9.41. The molecule has 0 unspecified atom stereocenters. The van der Waals surface area contributed by atoms with Crippen LogP contribution in [0, 0.1) is 13.8 Å². The van der Waals surface area contributed by atoms with Crippen LogP contribution in [-0.2, 0) is 6.61 Å². The van der Waals surface area contributed by atoms with Crippen LogP contribution in [0.1, 0.15) is 16.7 Å². The molecule has 3 rings (SSSR count). The fourth-order valence-electron chi connectivity index (χ4n) is 2.28. The zero-order valence-corrected chi connectivity index (χ0v) is 12.1. The number of hydrogen-bond donors (Lipinski definition) is 2. The van der Waals surface area contributed by atoms with Gasteiger partial charge in [-0.25, -0.2) is 4.98 Å². The minimum absolute atomic E-state index is 0.0180. The maximum Gasteiger partial charge on any atom is 0.181 e. The van der Waals surface area contributed by atoms with Gasteiger partial charge in [0.15, 0.2) is 11.6 Å². The number of aliphatic hydroxyl groups is 1. The number of hydrogen-bond acceptors (Lipinski definition) is 3. The van der Waals surface area contributed by atoms with Crippen LogP contribution in [0.5, 0.6) is 0 Å². The molecule has 2 N–H and O–H groups in total. The molecule has 1 aromatic heterocycles. The predicted molar refractivity (Wildman–Crippen MR) is 82.7 cm³/mol. The minimum atomic E-state index is -0.0180. The standard InChI is InChI=1S/C17H17N3O/c1-11-7-8-13(9-12(11)2)16-18-17(20-19-16)15-6-4-3-5-14(15)10-21/h3-9,21H,10H2,1-2H3,(H,18,19,20). The Kier molecular flexibility index (Phi) is 3.54. The summed E-state index contributed by atoms with van der Waals surface area (Å²) >= 11 is 0. The Morgan fingerprint density at radius 1 is 1.05 bits per heavy atom. The molecular weight excluding hydrogens is 262 g/mol. The molecule has 0 bridgehead atoms. The number of rotatable bonds is 3. The number of nitrogens with zero attached hydrogens (tertiary/aromatic N) is 2. The van der Waals surface area contributed by atoms with Gasteiger partial charge in [0.1, 0.15) is 0 Å². The minimum Gasteiger partial charge on any atom is -0.392 e. The molecule has 1 heterocycles. The highest BCUT2D eigenvalue weighted by Crippen LogP contribution is 2.24. The topological polar surface area (TPSA) is 61.8 Å². The van der Waals surface area contributed by atoms with E-state index in [0.717, 1.165) is 16.7 Å². The Bertz CT molecular complexity index is 777. The molecule has 106 valence electrons. The van der Waals surface area contributed by atoms with Crippen LogP contribution >= 0.6 is 0 Å². The van der Waals surface area contributed by atoms with Crippen molar-refractivity contribution in [2.75, 3.05) is 0 Å². The first-order valence-corrected chi connectivity index (χ1v) is 6.88. The van der Waals surface area contributed by atoms with E-state index in [-0.39, 0.29) is 6.61 Å². The van der Waals surface area contributed by atoms with Gasteiger partial charge in [-0.1, -0.05) is 36.4 Å². The zero-order valence-electron chi connectivity index (χ0n) is 12.1. The summed E-state index contributed by atoms with van der Waals surface area (Å²) in [7, 11) is 0. The summed E-state index contributed by atoms with van der Waals surface area (Å²) in [5.74, 6) is 1.34. The number of H-pyrrole nitrogens is 1. The average molecular weight is 279 g/mol. The van der Waals surface area contributed by atoms with Crippen LogP contribution in [-0.4, -0.2) is 20.3 Å². The van der Waals surface area contributed by atoms with Crippen molar-refractivity contribution < 1.29 is 5.11 Å². The number of nitrogens with one attached hydrogen (secondary N) is 1. The van der Waals surface area contributed by atoms with E-state index in [4.69, 9.17) is 0 Å². The normalized spacial score (nSPS) is 10.8. The van der Waals surface area contributed by atoms with Crippen LogP contribution < -0.4 is 0 Å². The molecule has 0 atom stereocenters. The summed E-state index contributed by atoms with van der Waals surface area (Å²) in [5.41, 5.74) is 5.17. The molecule has 4 nitrogen and oxygen atoms in total. The van der Waals surface area contributed by atoms with E-state index in [9.17, 15) is 5.11 Å². The van der Waals surface area contributed by atoms with E-state index in [1.54, 1.807) is 0 Å². The molecule has 0 aliphatic rings. The molecule has 0 saturated heterocycles. The highest BCUT2D eigenvalue weighted by atomic mass is 16.3. The van der Waals surface area contributed by atoms with Gasteiger partial charge < -0.3 is 5.11 Å². The van der Waals surface area contributed by atoms with Crippen molar-refractivity contribution in [2.45, 2.75) is 20.5 Å². The summed E-state index contributed by atoms with van der Waals surface area (Å²) in [6.07, 6.45) is 0. The molecule has 0 amide bonds. The molecule has 0 aliphatic carbocycles. The van der Waals surface area contributed by atoms with Crippen molar-refractivity contribution in [1.29, 1.82) is 0 Å². The van der Waals surface area contributed by atoms with Gasteiger partial charge in [-0.15, -0.1) is 0 Å². The monoisotopic (exact) mass is 279 g/mol. The van der Waals surface area contributed by atoms with E-state index in [2.05, 4.69) is 41.2 Å². The smallest absolute Gasteiger partial charge is 0.181 e. The van der Waals surface area contributed by atoms with Crippen LogP contribution in [0.2, 0.25) is 0 Å². The van der Waals surface area contributed by atoms with Crippen molar-refractivity contribution in [3.63, 3.8) is 0 Å². The second kappa shape index (κ2) is 5.50. The maximum absolute atomic E-state index is 9.41. The summed E-state index contributed by atoms with van der Waals surface area (Å²) in [5, 5.41) is 16.7. The lowest BCUT2D eigenvalue weighted by Gasteiger charge is -2.03. The number of aryl methyl sites for hydroxylation is 2. The van der Waals surface area contributed by atoms with Crippen molar-refractivity contribution in [2.24, 2.45) is 0 Å². The fourth-order valence-corrected chi connectivity index (χ4v) is 2.28. The predicted octanol–water partition coefficient (Wildman–Crippen LogP) is 3.25. The van der Waals surface area contributed by atoms with E-state index < -0.39 is 0 Å². The van der Waals surface area contributed by atoms with Crippen molar-refractivity contribution in [3.8, 4) is 22.8 Å². The number of benzene rings is 2. The van der Waals surface area contributed by atoms with Gasteiger partial charge >= 0.3 is 0 Å². The molecule has 0 spiro atoms. The second-order valence-corrected chi connectivity index (χ2v) is 5.12. The first-order chi connectivity index (χ1) is 10.2. The molecular formula is C17H17N3O. The highest BCUT2D eigenvalue weighted by Gasteiger charge is 2.11. The lowest BCUT2D eigenvalue weighted by Crippen LogP contribution is -1.90. The molecule has 4 heteroatoms.